The molecule has 3 atom stereocenters. The molecule has 0 aliphatic heterocycles. The lowest BCUT2D eigenvalue weighted by Crippen LogP contribution is -2.53. The molecule has 0 bridgehead atoms. The lowest BCUT2D eigenvalue weighted by molar-refractivity contribution is -0.137. The maximum absolute atomic E-state index is 13.2. The monoisotopic (exact) mass is 585 g/mol. The molecule has 3 rings (SSSR count). The summed E-state index contributed by atoms with van der Waals surface area (Å²) in [6.45, 7) is 3.56. The maximum Gasteiger partial charge on any atom is 0.416 e. The molecule has 0 spiro atoms. The second-order valence-electron chi connectivity index (χ2n) is 9.98. The first-order valence-electron chi connectivity index (χ1n) is 12.7. The van der Waals surface area contributed by atoms with E-state index in [1.54, 1.807) is 24.3 Å². The molecule has 2 aromatic rings. The molecule has 1 fully saturated rings. The second-order valence-corrected chi connectivity index (χ2v) is 12.9. The van der Waals surface area contributed by atoms with Crippen LogP contribution in [0.4, 0.5) is 13.2 Å². The molecular formula is C27H34F3N3O4S2. The van der Waals surface area contributed by atoms with Gasteiger partial charge in [0.15, 0.2) is 9.84 Å². The number of alkyl halides is 3. The van der Waals surface area contributed by atoms with Gasteiger partial charge in [0.2, 0.25) is 5.91 Å². The van der Waals surface area contributed by atoms with Gasteiger partial charge in [0.25, 0.3) is 5.91 Å². The Morgan fingerprint density at radius 1 is 1.08 bits per heavy atom. The van der Waals surface area contributed by atoms with Crippen LogP contribution in [0.3, 0.4) is 0 Å². The van der Waals surface area contributed by atoms with Crippen LogP contribution in [0.2, 0.25) is 0 Å². The number of carbonyl (C=O) groups is 2. The fourth-order valence-electron chi connectivity index (χ4n) is 4.75. The Labute approximate surface area is 231 Å². The summed E-state index contributed by atoms with van der Waals surface area (Å²) in [6.07, 6.45) is -0.850. The number of nitrogens with one attached hydrogen (secondary N) is 3. The van der Waals surface area contributed by atoms with E-state index in [2.05, 4.69) is 16.0 Å². The smallest absolute Gasteiger partial charge is 0.351 e. The van der Waals surface area contributed by atoms with Gasteiger partial charge in [-0.05, 0) is 73.9 Å². The predicted molar refractivity (Wildman–Crippen MR) is 145 cm³/mol. The second kappa shape index (κ2) is 13.2. The van der Waals surface area contributed by atoms with Gasteiger partial charge in [-0.1, -0.05) is 19.9 Å². The van der Waals surface area contributed by atoms with Crippen LogP contribution >= 0.6 is 11.8 Å². The van der Waals surface area contributed by atoms with Crippen LogP contribution in [0, 0.1) is 5.92 Å². The van der Waals surface area contributed by atoms with Crippen LogP contribution in [0.15, 0.2) is 58.3 Å². The number of amides is 2. The number of benzene rings is 2. The molecule has 1 saturated carbocycles. The highest BCUT2D eigenvalue weighted by molar-refractivity contribution is 7.98. The highest BCUT2D eigenvalue weighted by atomic mass is 32.2. The minimum atomic E-state index is -4.60. The Bertz CT molecular complexity index is 1250. The molecule has 7 nitrogen and oxygen atoms in total. The van der Waals surface area contributed by atoms with Gasteiger partial charge in [-0.3, -0.25) is 9.59 Å². The van der Waals surface area contributed by atoms with E-state index in [0.29, 0.717) is 12.8 Å². The zero-order chi connectivity index (χ0) is 28.8. The molecule has 0 radical (unpaired) electrons. The van der Waals surface area contributed by atoms with Gasteiger partial charge in [-0.2, -0.15) is 13.2 Å². The third kappa shape index (κ3) is 8.97. The average Bonchev–Trinajstić information content (AvgIpc) is 2.88. The first-order chi connectivity index (χ1) is 18.3. The first-order valence-corrected chi connectivity index (χ1v) is 15.5. The Morgan fingerprint density at radius 2 is 1.77 bits per heavy atom. The molecule has 0 unspecified atom stereocenters. The third-order valence-electron chi connectivity index (χ3n) is 6.62. The minimum Gasteiger partial charge on any atom is -0.351 e. The topological polar surface area (TPSA) is 104 Å². The first kappa shape index (κ1) is 31.0. The number of thioether (sulfide) groups is 1. The molecule has 0 heterocycles. The van der Waals surface area contributed by atoms with Gasteiger partial charge in [0.05, 0.1) is 22.8 Å². The highest BCUT2D eigenvalue weighted by Crippen LogP contribution is 2.30. The quantitative estimate of drug-likeness (QED) is 0.360. The molecule has 0 saturated heterocycles. The van der Waals surface area contributed by atoms with E-state index in [-0.39, 0.29) is 34.2 Å². The number of hydrogen-bond acceptors (Lipinski definition) is 6. The summed E-state index contributed by atoms with van der Waals surface area (Å²) in [4.78, 5) is 26.3. The Morgan fingerprint density at radius 3 is 2.38 bits per heavy atom. The molecule has 3 N–H and O–H groups in total. The van der Waals surface area contributed by atoms with E-state index in [0.717, 1.165) is 29.5 Å². The fraction of sp³-hybridized carbons (Fsp3) is 0.481. The van der Waals surface area contributed by atoms with Crippen molar-refractivity contribution in [1.29, 1.82) is 0 Å². The van der Waals surface area contributed by atoms with Gasteiger partial charge in [-0.15, -0.1) is 11.8 Å². The molecule has 12 heteroatoms. The SMILES string of the molecule is CSc1ccc(S(=O)(=O)C[C@H]2CC[C@H](NC(C)C)C[C@@H]2NC(=O)CNC(=O)c2cccc(C(F)(F)F)c2)cc1. The van der Waals surface area contributed by atoms with Crippen LogP contribution in [0.1, 0.15) is 49.0 Å². The normalized spacial score (nSPS) is 20.0. The van der Waals surface area contributed by atoms with Crippen molar-refractivity contribution in [3.63, 3.8) is 0 Å². The average molecular weight is 586 g/mol. The summed E-state index contributed by atoms with van der Waals surface area (Å²) in [5.41, 5.74) is -1.18. The van der Waals surface area contributed by atoms with Crippen molar-refractivity contribution in [2.45, 2.75) is 67.2 Å². The molecule has 39 heavy (non-hydrogen) atoms. The molecule has 1 aliphatic rings. The fourth-order valence-corrected chi connectivity index (χ4v) is 6.86. The zero-order valence-corrected chi connectivity index (χ0v) is 23.7. The van der Waals surface area contributed by atoms with Crippen molar-refractivity contribution in [3.05, 3.63) is 59.7 Å². The van der Waals surface area contributed by atoms with Gasteiger partial charge >= 0.3 is 6.18 Å². The van der Waals surface area contributed by atoms with E-state index in [1.165, 1.54) is 17.8 Å². The number of hydrogen-bond donors (Lipinski definition) is 3. The molecule has 1 aliphatic carbocycles. The molecule has 0 aromatic heterocycles. The Hall–Kier alpha value is -2.57. The highest BCUT2D eigenvalue weighted by Gasteiger charge is 2.35. The van der Waals surface area contributed by atoms with Gasteiger partial charge < -0.3 is 16.0 Å². The van der Waals surface area contributed by atoms with Gasteiger partial charge in [0, 0.05) is 28.6 Å². The largest absolute Gasteiger partial charge is 0.416 e. The van der Waals surface area contributed by atoms with E-state index in [1.807, 2.05) is 20.1 Å². The van der Waals surface area contributed by atoms with E-state index in [4.69, 9.17) is 0 Å². The lowest BCUT2D eigenvalue weighted by atomic mass is 9.82. The van der Waals surface area contributed by atoms with Crippen molar-refractivity contribution >= 4 is 33.4 Å². The molecular weight excluding hydrogens is 551 g/mol. The van der Waals surface area contributed by atoms with Crippen LogP contribution in [0.5, 0.6) is 0 Å². The van der Waals surface area contributed by atoms with Crippen molar-refractivity contribution in [2.24, 2.45) is 5.92 Å². The maximum atomic E-state index is 13.2. The predicted octanol–water partition coefficient (Wildman–Crippen LogP) is 4.28. The number of sulfone groups is 1. The van der Waals surface area contributed by atoms with Crippen molar-refractivity contribution in [1.82, 2.24) is 16.0 Å². The molecule has 2 amide bonds. The van der Waals surface area contributed by atoms with Crippen molar-refractivity contribution in [2.75, 3.05) is 18.6 Å². The molecule has 214 valence electrons. The standard InChI is InChI=1S/C27H34F3N3O4S2/c1-17(2)32-21-8-7-19(16-39(36,37)23-11-9-22(38-3)10-12-23)24(14-21)33-25(34)15-31-26(35)18-5-4-6-20(13-18)27(28,29)30/h4-6,9-13,17,19,21,24,32H,7-8,14-16H2,1-3H3,(H,31,35)(H,33,34)/t19-,21+,24+/m1/s1. The van der Waals surface area contributed by atoms with Crippen molar-refractivity contribution in [3.8, 4) is 0 Å². The summed E-state index contributed by atoms with van der Waals surface area (Å²) in [5.74, 6) is -1.84. The summed E-state index contributed by atoms with van der Waals surface area (Å²) in [6, 6.07) is 10.5. The Kier molecular flexibility index (Phi) is 10.5. The lowest BCUT2D eigenvalue weighted by Gasteiger charge is -2.37. The van der Waals surface area contributed by atoms with E-state index >= 15 is 0 Å². The van der Waals surface area contributed by atoms with Gasteiger partial charge in [0.1, 0.15) is 0 Å². The number of rotatable bonds is 10. The Balaban J connectivity index is 1.67. The number of halogens is 3. The number of carbonyl (C=O) groups excluding carboxylic acids is 2. The summed E-state index contributed by atoms with van der Waals surface area (Å²) in [5, 5.41) is 8.66. The van der Waals surface area contributed by atoms with E-state index < -0.39 is 46.0 Å². The van der Waals surface area contributed by atoms with Gasteiger partial charge in [-0.25, -0.2) is 8.42 Å². The zero-order valence-electron chi connectivity index (χ0n) is 22.0. The minimum absolute atomic E-state index is 0.0785. The van der Waals surface area contributed by atoms with Crippen LogP contribution in [-0.2, 0) is 20.8 Å². The van der Waals surface area contributed by atoms with E-state index in [9.17, 15) is 31.2 Å². The van der Waals surface area contributed by atoms with Crippen molar-refractivity contribution < 1.29 is 31.2 Å². The summed E-state index contributed by atoms with van der Waals surface area (Å²) < 4.78 is 65.3. The molecule has 2 aromatic carbocycles. The summed E-state index contributed by atoms with van der Waals surface area (Å²) in [7, 11) is -3.61. The van der Waals surface area contributed by atoms with Crippen LogP contribution in [0.25, 0.3) is 0 Å². The summed E-state index contributed by atoms with van der Waals surface area (Å²) >= 11 is 1.51. The van der Waals surface area contributed by atoms with Crippen LogP contribution < -0.4 is 16.0 Å². The van der Waals surface area contributed by atoms with Crippen LogP contribution in [-0.4, -0.2) is 56.9 Å². The third-order valence-corrected chi connectivity index (χ3v) is 9.22.